The van der Waals surface area contributed by atoms with Gasteiger partial charge in [0.05, 0.1) is 18.7 Å². The Kier molecular flexibility index (Phi) is 8.38. The highest BCUT2D eigenvalue weighted by Gasteiger charge is 2.26. The third-order valence-electron chi connectivity index (χ3n) is 5.37. The molecule has 0 aliphatic carbocycles. The number of nitrogens with one attached hydrogen (secondary N) is 1. The Morgan fingerprint density at radius 1 is 1.09 bits per heavy atom. The van der Waals surface area contributed by atoms with Crippen molar-refractivity contribution in [3.05, 3.63) is 52.8 Å². The van der Waals surface area contributed by atoms with E-state index in [1.165, 1.54) is 31.4 Å². The lowest BCUT2D eigenvalue weighted by molar-refractivity contribution is 0.0671. The van der Waals surface area contributed by atoms with Gasteiger partial charge in [-0.15, -0.1) is 0 Å². The van der Waals surface area contributed by atoms with Crippen LogP contribution in [0.4, 0.5) is 14.9 Å². The van der Waals surface area contributed by atoms with Crippen molar-refractivity contribution in [1.82, 2.24) is 9.80 Å². The Hall–Kier alpha value is -3.00. The van der Waals surface area contributed by atoms with Crippen LogP contribution in [0, 0.1) is 11.7 Å². The lowest BCUT2D eigenvalue weighted by atomic mass is 10.1. The minimum atomic E-state index is -0.369. The zero-order valence-corrected chi connectivity index (χ0v) is 19.8. The fourth-order valence-corrected chi connectivity index (χ4v) is 3.68. The Bertz CT molecular complexity index is 976. The standard InChI is InChI=1S/C24H29ClFN3O4/c1-16(2)8-13-33-22-20(25)14-17(15-21(22)32-3)23(30)28-9-11-29(12-10-28)24(31)27-19-6-4-18(26)5-7-19/h4-7,14-16H,8-13H2,1-3H3,(H,27,31). The largest absolute Gasteiger partial charge is 0.493 e. The summed E-state index contributed by atoms with van der Waals surface area (Å²) in [6.07, 6.45) is 0.874. The van der Waals surface area contributed by atoms with Crippen molar-refractivity contribution >= 4 is 29.2 Å². The Labute approximate surface area is 198 Å². The van der Waals surface area contributed by atoms with E-state index in [9.17, 15) is 14.0 Å². The van der Waals surface area contributed by atoms with Crippen LogP contribution in [0.2, 0.25) is 5.02 Å². The number of anilines is 1. The Balaban J connectivity index is 1.60. The van der Waals surface area contributed by atoms with Crippen LogP contribution in [0.1, 0.15) is 30.6 Å². The van der Waals surface area contributed by atoms with E-state index in [2.05, 4.69) is 19.2 Å². The van der Waals surface area contributed by atoms with Crippen molar-refractivity contribution in [2.45, 2.75) is 20.3 Å². The molecule has 33 heavy (non-hydrogen) atoms. The van der Waals surface area contributed by atoms with E-state index in [4.69, 9.17) is 21.1 Å². The molecule has 2 aromatic rings. The molecule has 0 saturated carbocycles. The summed E-state index contributed by atoms with van der Waals surface area (Å²) < 4.78 is 24.2. The summed E-state index contributed by atoms with van der Waals surface area (Å²) >= 11 is 6.40. The second-order valence-electron chi connectivity index (χ2n) is 8.24. The molecular formula is C24H29ClFN3O4. The van der Waals surface area contributed by atoms with Crippen LogP contribution in [0.15, 0.2) is 36.4 Å². The minimum Gasteiger partial charge on any atom is -0.493 e. The molecule has 0 bridgehead atoms. The monoisotopic (exact) mass is 477 g/mol. The molecule has 7 nitrogen and oxygen atoms in total. The lowest BCUT2D eigenvalue weighted by Crippen LogP contribution is -2.51. The van der Waals surface area contributed by atoms with Crippen molar-refractivity contribution < 1.29 is 23.5 Å². The molecular weight excluding hydrogens is 449 g/mol. The fourth-order valence-electron chi connectivity index (χ4n) is 3.41. The van der Waals surface area contributed by atoms with Gasteiger partial charge in [0.25, 0.3) is 5.91 Å². The van der Waals surface area contributed by atoms with Gasteiger partial charge in [0.2, 0.25) is 0 Å². The second-order valence-corrected chi connectivity index (χ2v) is 8.64. The molecule has 2 aromatic carbocycles. The zero-order chi connectivity index (χ0) is 24.0. The number of piperazine rings is 1. The van der Waals surface area contributed by atoms with E-state index < -0.39 is 0 Å². The van der Waals surface area contributed by atoms with E-state index in [0.717, 1.165) is 6.42 Å². The summed E-state index contributed by atoms with van der Waals surface area (Å²) in [6, 6.07) is 8.50. The van der Waals surface area contributed by atoms with E-state index in [1.807, 2.05) is 0 Å². The number of hydrogen-bond donors (Lipinski definition) is 1. The normalized spacial score (nSPS) is 13.8. The third-order valence-corrected chi connectivity index (χ3v) is 5.65. The highest BCUT2D eigenvalue weighted by atomic mass is 35.5. The molecule has 0 atom stereocenters. The van der Waals surface area contributed by atoms with Gasteiger partial charge in [0.1, 0.15) is 5.82 Å². The van der Waals surface area contributed by atoms with Gasteiger partial charge in [-0.25, -0.2) is 9.18 Å². The first kappa shape index (κ1) is 24.6. The fraction of sp³-hybridized carbons (Fsp3) is 0.417. The minimum absolute atomic E-state index is 0.192. The summed E-state index contributed by atoms with van der Waals surface area (Å²) in [5, 5.41) is 3.05. The van der Waals surface area contributed by atoms with Gasteiger partial charge in [0, 0.05) is 37.4 Å². The van der Waals surface area contributed by atoms with Gasteiger partial charge in [-0.3, -0.25) is 4.79 Å². The molecule has 178 valence electrons. The van der Waals surface area contributed by atoms with E-state index in [0.29, 0.717) is 66.5 Å². The molecule has 3 rings (SSSR count). The highest BCUT2D eigenvalue weighted by Crippen LogP contribution is 2.37. The molecule has 0 unspecified atom stereocenters. The summed E-state index contributed by atoms with van der Waals surface area (Å²) in [6.45, 7) is 6.22. The van der Waals surface area contributed by atoms with E-state index in [1.54, 1.807) is 21.9 Å². The molecule has 1 aliphatic rings. The predicted molar refractivity (Wildman–Crippen MR) is 126 cm³/mol. The molecule has 1 saturated heterocycles. The quantitative estimate of drug-likeness (QED) is 0.615. The summed E-state index contributed by atoms with van der Waals surface area (Å²) in [5.74, 6) is 0.771. The van der Waals surface area contributed by atoms with Crippen LogP contribution in [0.25, 0.3) is 0 Å². The average molecular weight is 478 g/mol. The van der Waals surface area contributed by atoms with Crippen LogP contribution < -0.4 is 14.8 Å². The van der Waals surface area contributed by atoms with Gasteiger partial charge < -0.3 is 24.6 Å². The number of hydrogen-bond acceptors (Lipinski definition) is 4. The second kappa shape index (κ2) is 11.2. The smallest absolute Gasteiger partial charge is 0.321 e. The zero-order valence-electron chi connectivity index (χ0n) is 19.1. The number of amides is 3. The number of rotatable bonds is 7. The molecule has 1 heterocycles. The van der Waals surface area contributed by atoms with Crippen LogP contribution in [-0.2, 0) is 0 Å². The maximum atomic E-state index is 13.1. The highest BCUT2D eigenvalue weighted by molar-refractivity contribution is 6.32. The van der Waals surface area contributed by atoms with Crippen molar-refractivity contribution in [3.8, 4) is 11.5 Å². The maximum Gasteiger partial charge on any atom is 0.321 e. The number of halogens is 2. The Morgan fingerprint density at radius 3 is 2.33 bits per heavy atom. The molecule has 9 heteroatoms. The van der Waals surface area contributed by atoms with Gasteiger partial charge >= 0.3 is 6.03 Å². The number of carbonyl (C=O) groups excluding carboxylic acids is 2. The van der Waals surface area contributed by atoms with E-state index >= 15 is 0 Å². The average Bonchev–Trinajstić information content (AvgIpc) is 2.80. The third kappa shape index (κ3) is 6.51. The van der Waals surface area contributed by atoms with Gasteiger partial charge in [-0.1, -0.05) is 25.4 Å². The molecule has 3 amide bonds. The van der Waals surface area contributed by atoms with Gasteiger partial charge in [0.15, 0.2) is 11.5 Å². The first-order valence-corrected chi connectivity index (χ1v) is 11.3. The summed E-state index contributed by atoms with van der Waals surface area (Å²) in [7, 11) is 1.51. The van der Waals surface area contributed by atoms with Crippen molar-refractivity contribution in [2.75, 3.05) is 45.2 Å². The first-order chi connectivity index (χ1) is 15.8. The predicted octanol–water partition coefficient (Wildman–Crippen LogP) is 4.90. The number of ether oxygens (including phenoxy) is 2. The number of urea groups is 1. The van der Waals surface area contributed by atoms with Crippen molar-refractivity contribution in [1.29, 1.82) is 0 Å². The van der Waals surface area contributed by atoms with Gasteiger partial charge in [-0.2, -0.15) is 0 Å². The van der Waals surface area contributed by atoms with Crippen LogP contribution in [-0.4, -0.2) is 61.6 Å². The van der Waals surface area contributed by atoms with Crippen molar-refractivity contribution in [2.24, 2.45) is 5.92 Å². The number of nitrogens with zero attached hydrogens (tertiary/aromatic N) is 2. The Morgan fingerprint density at radius 2 is 1.73 bits per heavy atom. The summed E-state index contributed by atoms with van der Waals surface area (Å²) in [4.78, 5) is 28.8. The van der Waals surface area contributed by atoms with Crippen LogP contribution >= 0.6 is 11.6 Å². The molecule has 1 N–H and O–H groups in total. The SMILES string of the molecule is COc1cc(C(=O)N2CCN(C(=O)Nc3ccc(F)cc3)CC2)cc(Cl)c1OCCC(C)C. The topological polar surface area (TPSA) is 71.1 Å². The molecule has 1 aliphatic heterocycles. The molecule has 0 radical (unpaired) electrons. The van der Waals surface area contributed by atoms with Crippen molar-refractivity contribution in [3.63, 3.8) is 0 Å². The number of carbonyl (C=O) groups is 2. The number of methoxy groups -OCH3 is 1. The maximum absolute atomic E-state index is 13.1. The molecule has 0 aromatic heterocycles. The summed E-state index contributed by atoms with van der Waals surface area (Å²) in [5.41, 5.74) is 0.912. The van der Waals surface area contributed by atoms with Crippen LogP contribution in [0.5, 0.6) is 11.5 Å². The van der Waals surface area contributed by atoms with Crippen LogP contribution in [0.3, 0.4) is 0 Å². The lowest BCUT2D eigenvalue weighted by Gasteiger charge is -2.34. The number of benzene rings is 2. The van der Waals surface area contributed by atoms with Gasteiger partial charge in [-0.05, 0) is 48.7 Å². The molecule has 1 fully saturated rings. The van der Waals surface area contributed by atoms with E-state index in [-0.39, 0.29) is 17.8 Å². The molecule has 0 spiro atoms. The first-order valence-electron chi connectivity index (χ1n) is 10.9.